The summed E-state index contributed by atoms with van der Waals surface area (Å²) in [7, 11) is 0. The van der Waals surface area contributed by atoms with E-state index in [1.807, 2.05) is 39.8 Å². The van der Waals surface area contributed by atoms with Crippen molar-refractivity contribution in [1.82, 2.24) is 23.9 Å². The molecule has 5 heterocycles. The number of hydrogen-bond donors (Lipinski definition) is 2. The van der Waals surface area contributed by atoms with Gasteiger partial charge in [0.2, 0.25) is 0 Å². The number of carbonyl (C=O) groups is 1. The van der Waals surface area contributed by atoms with E-state index in [2.05, 4.69) is 19.9 Å². The maximum Gasteiger partial charge on any atom is 0.410 e. The van der Waals surface area contributed by atoms with Gasteiger partial charge in [-0.2, -0.15) is 14.0 Å². The zero-order chi connectivity index (χ0) is 26.2. The molecule has 0 bridgehead atoms. The number of furan rings is 1. The van der Waals surface area contributed by atoms with E-state index < -0.39 is 5.60 Å². The maximum absolute atomic E-state index is 12.8. The van der Waals surface area contributed by atoms with Crippen LogP contribution in [0, 0.1) is 6.92 Å². The van der Waals surface area contributed by atoms with Crippen LogP contribution in [-0.2, 0) is 4.74 Å². The van der Waals surface area contributed by atoms with Crippen LogP contribution in [0.25, 0.3) is 16.8 Å². The summed E-state index contributed by atoms with van der Waals surface area (Å²) in [5.74, 6) is 1.18. The number of fused-ring (bicyclic) bond motifs is 1. The molecule has 0 radical (unpaired) electrons. The largest absolute Gasteiger partial charge is 0.463 e. The molecule has 11 nitrogen and oxygen atoms in total. The van der Waals surface area contributed by atoms with Gasteiger partial charge in [0.05, 0.1) is 23.8 Å². The van der Waals surface area contributed by atoms with Crippen molar-refractivity contribution in [2.24, 2.45) is 5.16 Å². The molecule has 194 valence electrons. The number of anilines is 2. The van der Waals surface area contributed by atoms with Crippen LogP contribution in [0.3, 0.4) is 0 Å². The smallest absolute Gasteiger partial charge is 0.410 e. The van der Waals surface area contributed by atoms with Crippen molar-refractivity contribution in [3.05, 3.63) is 47.8 Å². The average Bonchev–Trinajstić information content (AvgIpc) is 3.58. The first-order valence-corrected chi connectivity index (χ1v) is 12.8. The van der Waals surface area contributed by atoms with Crippen LogP contribution in [0.2, 0.25) is 0 Å². The predicted octanol–water partition coefficient (Wildman–Crippen LogP) is 5.42. The summed E-state index contributed by atoms with van der Waals surface area (Å²) in [5.41, 5.74) is 3.40. The van der Waals surface area contributed by atoms with Crippen LogP contribution in [0.4, 0.5) is 15.6 Å². The fraction of sp³-hybridized carbons (Fsp3) is 0.400. The highest BCUT2D eigenvalue weighted by Gasteiger charge is 2.30. The van der Waals surface area contributed by atoms with E-state index >= 15 is 0 Å². The topological polar surface area (TPSA) is 130 Å². The molecule has 1 saturated heterocycles. The van der Waals surface area contributed by atoms with Gasteiger partial charge in [0.15, 0.2) is 5.65 Å². The first kappa shape index (κ1) is 24.8. The third-order valence-corrected chi connectivity index (χ3v) is 6.77. The van der Waals surface area contributed by atoms with Crippen LogP contribution in [0.5, 0.6) is 0 Å². The van der Waals surface area contributed by atoms with Gasteiger partial charge in [0.25, 0.3) is 0 Å². The lowest BCUT2D eigenvalue weighted by molar-refractivity contribution is 0.0197. The van der Waals surface area contributed by atoms with Gasteiger partial charge in [0, 0.05) is 36.2 Å². The van der Waals surface area contributed by atoms with E-state index in [1.54, 1.807) is 27.9 Å². The Morgan fingerprint density at radius 3 is 2.92 bits per heavy atom. The Labute approximate surface area is 217 Å². The second kappa shape index (κ2) is 9.85. The van der Waals surface area contributed by atoms with Crippen molar-refractivity contribution in [3.63, 3.8) is 0 Å². The summed E-state index contributed by atoms with van der Waals surface area (Å²) < 4.78 is 17.2. The molecule has 1 amide bonds. The predicted molar refractivity (Wildman–Crippen MR) is 140 cm³/mol. The Bertz CT molecular complexity index is 1450. The molecule has 1 atom stereocenters. The monoisotopic (exact) mass is 523 g/mol. The number of aromatic nitrogens is 4. The van der Waals surface area contributed by atoms with Gasteiger partial charge in [-0.05, 0) is 64.2 Å². The molecule has 37 heavy (non-hydrogen) atoms. The van der Waals surface area contributed by atoms with E-state index in [4.69, 9.17) is 19.3 Å². The number of piperidine rings is 1. The number of oxime groups is 1. The van der Waals surface area contributed by atoms with Crippen molar-refractivity contribution in [2.75, 3.05) is 18.4 Å². The van der Waals surface area contributed by atoms with Crippen LogP contribution < -0.4 is 5.32 Å². The average molecular weight is 524 g/mol. The maximum atomic E-state index is 12.8. The lowest BCUT2D eigenvalue weighted by atomic mass is 9.94. The lowest BCUT2D eigenvalue weighted by Gasteiger charge is -2.34. The van der Waals surface area contributed by atoms with Crippen LogP contribution in [-0.4, -0.2) is 60.1 Å². The summed E-state index contributed by atoms with van der Waals surface area (Å²) in [4.78, 5) is 19.6. The molecule has 2 N–H and O–H groups in total. The van der Waals surface area contributed by atoms with Gasteiger partial charge >= 0.3 is 6.09 Å². The second-order valence-corrected chi connectivity index (χ2v) is 10.9. The molecule has 1 aliphatic heterocycles. The van der Waals surface area contributed by atoms with Gasteiger partial charge in [-0.3, -0.25) is 0 Å². The number of aryl methyl sites for hydroxylation is 1. The Morgan fingerprint density at radius 2 is 2.19 bits per heavy atom. The zero-order valence-electron chi connectivity index (χ0n) is 21.1. The Morgan fingerprint density at radius 1 is 1.35 bits per heavy atom. The third kappa shape index (κ3) is 5.43. The van der Waals surface area contributed by atoms with Gasteiger partial charge in [-0.15, -0.1) is 0 Å². The molecule has 0 saturated carbocycles. The molecule has 4 aromatic rings. The molecule has 0 aliphatic carbocycles. The number of hydrogen-bond acceptors (Lipinski definition) is 10. The second-order valence-electron chi connectivity index (χ2n) is 10.1. The highest BCUT2D eigenvalue weighted by atomic mass is 32.1. The normalized spacial score (nSPS) is 16.5. The van der Waals surface area contributed by atoms with E-state index in [0.29, 0.717) is 24.5 Å². The minimum Gasteiger partial charge on any atom is -0.463 e. The van der Waals surface area contributed by atoms with Crippen LogP contribution in [0.1, 0.15) is 56.7 Å². The number of carbonyl (C=O) groups excluding carboxylic acids is 1. The van der Waals surface area contributed by atoms with E-state index in [1.165, 1.54) is 17.7 Å². The molecule has 0 aromatic carbocycles. The molecular weight excluding hydrogens is 494 g/mol. The minimum atomic E-state index is -0.554. The number of amides is 1. The Kier molecular flexibility index (Phi) is 6.59. The summed E-state index contributed by atoms with van der Waals surface area (Å²) in [6, 6.07) is 5.72. The molecule has 1 unspecified atom stereocenters. The Balaban J connectivity index is 1.54. The zero-order valence-corrected chi connectivity index (χ0v) is 21.9. The van der Waals surface area contributed by atoms with Crippen LogP contribution in [0.15, 0.2) is 40.2 Å². The van der Waals surface area contributed by atoms with Crippen molar-refractivity contribution < 1.29 is 19.2 Å². The molecular formula is C25H29N7O4S. The SMILES string of the molecule is Cc1cc(Nc2cc(C3CCCN(C(=O)OC(C)(C)C)C3)nc3c(-c4coc(C=NO)c4)cnn23)sn1. The van der Waals surface area contributed by atoms with Crippen LogP contribution >= 0.6 is 11.5 Å². The highest BCUT2D eigenvalue weighted by molar-refractivity contribution is 7.10. The van der Waals surface area contributed by atoms with Crippen molar-refractivity contribution >= 4 is 40.3 Å². The minimum absolute atomic E-state index is 0.0270. The molecule has 4 aromatic heterocycles. The number of nitrogens with zero attached hydrogens (tertiary/aromatic N) is 6. The Hall–Kier alpha value is -3.93. The molecule has 1 fully saturated rings. The summed E-state index contributed by atoms with van der Waals surface area (Å²) >= 11 is 1.37. The fourth-order valence-electron chi connectivity index (χ4n) is 4.36. The number of nitrogens with one attached hydrogen (secondary N) is 1. The lowest BCUT2D eigenvalue weighted by Crippen LogP contribution is -2.42. The quantitative estimate of drug-likeness (QED) is 0.201. The van der Waals surface area contributed by atoms with Crippen molar-refractivity contribution in [1.29, 1.82) is 0 Å². The summed E-state index contributed by atoms with van der Waals surface area (Å²) in [6.07, 6.45) is 5.97. The number of rotatable bonds is 5. The number of likely N-dealkylation sites (tertiary alicyclic amines) is 1. The highest BCUT2D eigenvalue weighted by Crippen LogP contribution is 2.33. The summed E-state index contributed by atoms with van der Waals surface area (Å²) in [5, 5.41) is 20.8. The molecule has 12 heteroatoms. The summed E-state index contributed by atoms with van der Waals surface area (Å²) in [6.45, 7) is 8.73. The first-order valence-electron chi connectivity index (χ1n) is 12.0. The van der Waals surface area contributed by atoms with Crippen molar-refractivity contribution in [2.45, 2.75) is 52.1 Å². The standard InChI is InChI=1S/C25H29N7O4S/c1-15-8-22(37-30-15)29-21-10-20(16-6-5-7-31(13-16)24(33)36-25(2,3)4)28-23-19(12-26-32(21)23)17-9-18(11-27-34)35-14-17/h8-12,14,16,29,34H,5-7,13H2,1-4H3. The van der Waals surface area contributed by atoms with Crippen molar-refractivity contribution in [3.8, 4) is 11.1 Å². The molecule has 1 aliphatic rings. The fourth-order valence-corrected chi connectivity index (χ4v) is 5.03. The molecule has 5 rings (SSSR count). The van der Waals surface area contributed by atoms with E-state index in [9.17, 15) is 4.79 Å². The van der Waals surface area contributed by atoms with Gasteiger partial charge in [-0.25, -0.2) is 9.78 Å². The van der Waals surface area contributed by atoms with Gasteiger partial charge in [0.1, 0.15) is 28.4 Å². The number of ether oxygens (including phenoxy) is 1. The van der Waals surface area contributed by atoms with E-state index in [0.717, 1.165) is 46.2 Å². The third-order valence-electron chi connectivity index (χ3n) is 5.98. The first-order chi connectivity index (χ1) is 17.7. The van der Waals surface area contributed by atoms with Gasteiger partial charge < -0.3 is 24.6 Å². The molecule has 0 spiro atoms. The van der Waals surface area contributed by atoms with Gasteiger partial charge in [-0.1, -0.05) is 5.16 Å². The van der Waals surface area contributed by atoms with E-state index in [-0.39, 0.29) is 12.0 Å².